The molecule has 8 heteroatoms. The van der Waals surface area contributed by atoms with Gasteiger partial charge < -0.3 is 21.1 Å². The lowest BCUT2D eigenvalue weighted by Crippen LogP contribution is -2.38. The quantitative estimate of drug-likeness (QED) is 0.609. The second-order valence-corrected chi connectivity index (χ2v) is 8.57. The average Bonchev–Trinajstić information content (AvgIpc) is 3.34. The van der Waals surface area contributed by atoms with Gasteiger partial charge in [0.05, 0.1) is 5.56 Å². The molecule has 3 rings (SSSR count). The summed E-state index contributed by atoms with van der Waals surface area (Å²) in [6.07, 6.45) is 2.62. The molecule has 1 saturated carbocycles. The van der Waals surface area contributed by atoms with Gasteiger partial charge in [-0.05, 0) is 43.6 Å². The molecule has 3 amide bonds. The number of rotatable bonds is 6. The number of hydrogen-bond acceptors (Lipinski definition) is 4. The monoisotopic (exact) mass is 379 g/mol. The Labute approximate surface area is 156 Å². The van der Waals surface area contributed by atoms with E-state index in [2.05, 4.69) is 16.0 Å². The number of carbonyl (C=O) groups is 3. The molecule has 0 radical (unpaired) electrons. The van der Waals surface area contributed by atoms with E-state index < -0.39 is 6.09 Å². The Balaban J connectivity index is 1.86. The van der Waals surface area contributed by atoms with Crippen molar-refractivity contribution in [2.45, 2.75) is 52.0 Å². The smallest absolute Gasteiger partial charge is 0.404 e. The molecular formula is C18H25N3O4S. The van der Waals surface area contributed by atoms with Crippen LogP contribution in [0.25, 0.3) is 0 Å². The van der Waals surface area contributed by atoms with E-state index in [4.69, 9.17) is 5.11 Å². The zero-order chi connectivity index (χ0) is 18.8. The van der Waals surface area contributed by atoms with Crippen LogP contribution in [-0.4, -0.2) is 35.6 Å². The van der Waals surface area contributed by atoms with E-state index in [9.17, 15) is 14.4 Å². The van der Waals surface area contributed by atoms with Crippen LogP contribution in [0, 0.1) is 11.8 Å². The number of amides is 3. The van der Waals surface area contributed by atoms with E-state index in [1.165, 1.54) is 11.3 Å². The highest BCUT2D eigenvalue weighted by molar-refractivity contribution is 7.17. The Morgan fingerprint density at radius 3 is 2.58 bits per heavy atom. The van der Waals surface area contributed by atoms with Gasteiger partial charge in [-0.1, -0.05) is 13.8 Å². The van der Waals surface area contributed by atoms with Crippen molar-refractivity contribution in [3.63, 3.8) is 0 Å². The van der Waals surface area contributed by atoms with E-state index in [-0.39, 0.29) is 23.8 Å². The molecule has 7 nitrogen and oxygen atoms in total. The van der Waals surface area contributed by atoms with Crippen LogP contribution in [0.4, 0.5) is 9.80 Å². The van der Waals surface area contributed by atoms with Gasteiger partial charge in [-0.2, -0.15) is 0 Å². The first-order valence-electron chi connectivity index (χ1n) is 9.08. The molecule has 1 aromatic rings. The number of carbonyl (C=O) groups excluding carboxylic acids is 2. The molecule has 26 heavy (non-hydrogen) atoms. The summed E-state index contributed by atoms with van der Waals surface area (Å²) in [5.41, 5.74) is 1.38. The summed E-state index contributed by atoms with van der Waals surface area (Å²) in [6, 6.07) is -0.210. The third-order valence-electron chi connectivity index (χ3n) is 4.67. The van der Waals surface area contributed by atoms with Crippen LogP contribution in [0.1, 0.15) is 53.9 Å². The van der Waals surface area contributed by atoms with Crippen LogP contribution in [0.2, 0.25) is 0 Å². The van der Waals surface area contributed by atoms with Crippen molar-refractivity contribution in [1.82, 2.24) is 10.6 Å². The number of fused-ring (bicyclic) bond motifs is 1. The second kappa shape index (κ2) is 7.65. The molecule has 1 fully saturated rings. The standard InChI is InChI=1S/C18H25N3O4S/c1-9(2)8-19-16(23)14-12-7-11(20-18(24)25)5-6-13(12)26-17(14)21-15(22)10-3-4-10/h9-11,20H,3-8H2,1-2H3,(H,19,23)(H,21,22)(H,24,25). The fraction of sp³-hybridized carbons (Fsp3) is 0.611. The number of carboxylic acid groups (broad SMARTS) is 1. The molecule has 0 spiro atoms. The topological polar surface area (TPSA) is 108 Å². The van der Waals surface area contributed by atoms with Crippen molar-refractivity contribution in [2.24, 2.45) is 11.8 Å². The summed E-state index contributed by atoms with van der Waals surface area (Å²) in [7, 11) is 0. The summed E-state index contributed by atoms with van der Waals surface area (Å²) in [5.74, 6) is 0.154. The lowest BCUT2D eigenvalue weighted by Gasteiger charge is -2.22. The Bertz CT molecular complexity index is 724. The minimum Gasteiger partial charge on any atom is -0.465 e. The van der Waals surface area contributed by atoms with Gasteiger partial charge in [-0.25, -0.2) is 4.79 Å². The predicted octanol–water partition coefficient (Wildman–Crippen LogP) is 2.61. The van der Waals surface area contributed by atoms with Crippen LogP contribution < -0.4 is 16.0 Å². The van der Waals surface area contributed by atoms with Crippen molar-refractivity contribution < 1.29 is 19.5 Å². The molecule has 0 aromatic carbocycles. The van der Waals surface area contributed by atoms with Gasteiger partial charge in [0.2, 0.25) is 5.91 Å². The minimum atomic E-state index is -1.05. The predicted molar refractivity (Wildman–Crippen MR) is 99.8 cm³/mol. The average molecular weight is 379 g/mol. The van der Waals surface area contributed by atoms with Crippen LogP contribution in [0.15, 0.2) is 0 Å². The lowest BCUT2D eigenvalue weighted by atomic mass is 9.91. The number of anilines is 1. The fourth-order valence-electron chi connectivity index (χ4n) is 3.15. The summed E-state index contributed by atoms with van der Waals surface area (Å²) in [4.78, 5) is 37.0. The lowest BCUT2D eigenvalue weighted by molar-refractivity contribution is -0.117. The highest BCUT2D eigenvalue weighted by Crippen LogP contribution is 2.39. The van der Waals surface area contributed by atoms with Crippen LogP contribution in [-0.2, 0) is 17.6 Å². The molecular weight excluding hydrogens is 354 g/mol. The molecule has 1 atom stereocenters. The fourth-order valence-corrected chi connectivity index (χ4v) is 4.40. The summed E-state index contributed by atoms with van der Waals surface area (Å²) >= 11 is 1.45. The molecule has 0 bridgehead atoms. The maximum atomic E-state index is 12.8. The summed E-state index contributed by atoms with van der Waals surface area (Å²) in [5, 5.41) is 18.0. The van der Waals surface area contributed by atoms with Gasteiger partial charge >= 0.3 is 6.09 Å². The zero-order valence-corrected chi connectivity index (χ0v) is 15.9. The van der Waals surface area contributed by atoms with Gasteiger partial charge in [-0.3, -0.25) is 9.59 Å². The Morgan fingerprint density at radius 2 is 1.96 bits per heavy atom. The van der Waals surface area contributed by atoms with Gasteiger partial charge in [0, 0.05) is 23.4 Å². The van der Waals surface area contributed by atoms with E-state index in [0.29, 0.717) is 42.3 Å². The molecule has 0 saturated heterocycles. The van der Waals surface area contributed by atoms with Crippen LogP contribution in [0.5, 0.6) is 0 Å². The molecule has 4 N–H and O–H groups in total. The summed E-state index contributed by atoms with van der Waals surface area (Å²) in [6.45, 7) is 4.59. The van der Waals surface area contributed by atoms with E-state index >= 15 is 0 Å². The van der Waals surface area contributed by atoms with Gasteiger partial charge in [0.1, 0.15) is 5.00 Å². The highest BCUT2D eigenvalue weighted by atomic mass is 32.1. The molecule has 1 heterocycles. The van der Waals surface area contributed by atoms with E-state index in [0.717, 1.165) is 23.3 Å². The maximum absolute atomic E-state index is 12.8. The van der Waals surface area contributed by atoms with E-state index in [1.54, 1.807) is 0 Å². The van der Waals surface area contributed by atoms with Gasteiger partial charge in [0.25, 0.3) is 5.91 Å². The third kappa shape index (κ3) is 4.35. The first kappa shape index (κ1) is 18.7. The zero-order valence-electron chi connectivity index (χ0n) is 15.1. The van der Waals surface area contributed by atoms with Gasteiger partial charge in [-0.15, -0.1) is 11.3 Å². The summed E-state index contributed by atoms with van der Waals surface area (Å²) < 4.78 is 0. The number of aryl methyl sites for hydroxylation is 1. The maximum Gasteiger partial charge on any atom is 0.404 e. The van der Waals surface area contributed by atoms with Crippen LogP contribution in [0.3, 0.4) is 0 Å². The SMILES string of the molecule is CC(C)CNC(=O)c1c(NC(=O)C2CC2)sc2c1CC(NC(=O)O)CC2. The molecule has 1 aromatic heterocycles. The van der Waals surface area contributed by atoms with Gasteiger partial charge in [0.15, 0.2) is 0 Å². The van der Waals surface area contributed by atoms with Crippen molar-refractivity contribution in [3.8, 4) is 0 Å². The first-order chi connectivity index (χ1) is 12.3. The van der Waals surface area contributed by atoms with Crippen LogP contribution >= 0.6 is 11.3 Å². The number of nitrogens with one attached hydrogen (secondary N) is 3. The molecule has 1 unspecified atom stereocenters. The Kier molecular flexibility index (Phi) is 5.50. The first-order valence-corrected chi connectivity index (χ1v) is 9.89. The third-order valence-corrected chi connectivity index (χ3v) is 5.88. The normalized spacial score (nSPS) is 19.0. The number of thiophene rings is 1. The molecule has 0 aliphatic heterocycles. The van der Waals surface area contributed by atoms with E-state index in [1.807, 2.05) is 13.8 Å². The minimum absolute atomic E-state index is 0.0262. The van der Waals surface area contributed by atoms with Crippen molar-refractivity contribution in [2.75, 3.05) is 11.9 Å². The highest BCUT2D eigenvalue weighted by Gasteiger charge is 2.34. The van der Waals surface area contributed by atoms with Crippen molar-refractivity contribution >= 4 is 34.2 Å². The second-order valence-electron chi connectivity index (χ2n) is 7.46. The Hall–Kier alpha value is -2.09. The molecule has 142 valence electrons. The number of hydrogen-bond donors (Lipinski definition) is 4. The largest absolute Gasteiger partial charge is 0.465 e. The van der Waals surface area contributed by atoms with Crippen molar-refractivity contribution in [1.29, 1.82) is 0 Å². The molecule has 2 aliphatic carbocycles. The molecule has 2 aliphatic rings. The Morgan fingerprint density at radius 1 is 1.23 bits per heavy atom. The van der Waals surface area contributed by atoms with Crippen molar-refractivity contribution in [3.05, 3.63) is 16.0 Å².